The first-order valence-corrected chi connectivity index (χ1v) is 5.97. The summed E-state index contributed by atoms with van der Waals surface area (Å²) >= 11 is 6.13. The standard InChI is InChI=1S/C12H17ClN2O/c13-12-6-10(14)4-3-9(12)7-15-5-1-2-11(15)8-16/h3-4,6,11,16H,1-2,5,7-8,14H2. The number of benzene rings is 1. The lowest BCUT2D eigenvalue weighted by molar-refractivity contribution is 0.153. The van der Waals surface area contributed by atoms with Gasteiger partial charge in [0.25, 0.3) is 0 Å². The van der Waals surface area contributed by atoms with E-state index in [0.29, 0.717) is 10.7 Å². The number of halogens is 1. The van der Waals surface area contributed by atoms with Crippen LogP contribution in [0.5, 0.6) is 0 Å². The molecule has 3 N–H and O–H groups in total. The summed E-state index contributed by atoms with van der Waals surface area (Å²) in [6.07, 6.45) is 2.22. The quantitative estimate of drug-likeness (QED) is 0.794. The predicted octanol–water partition coefficient (Wildman–Crippen LogP) is 1.88. The molecule has 1 fully saturated rings. The van der Waals surface area contributed by atoms with Gasteiger partial charge < -0.3 is 10.8 Å². The molecule has 0 bridgehead atoms. The van der Waals surface area contributed by atoms with Crippen LogP contribution in [0.25, 0.3) is 0 Å². The van der Waals surface area contributed by atoms with Gasteiger partial charge in [0.05, 0.1) is 6.61 Å². The Labute approximate surface area is 101 Å². The number of nitrogens with two attached hydrogens (primary N) is 1. The Hall–Kier alpha value is -0.770. The Kier molecular flexibility index (Phi) is 3.69. The molecule has 1 aromatic carbocycles. The van der Waals surface area contributed by atoms with E-state index in [1.54, 1.807) is 6.07 Å². The van der Waals surface area contributed by atoms with E-state index in [-0.39, 0.29) is 12.6 Å². The summed E-state index contributed by atoms with van der Waals surface area (Å²) in [5.74, 6) is 0. The second-order valence-electron chi connectivity index (χ2n) is 4.30. The van der Waals surface area contributed by atoms with Crippen LogP contribution >= 0.6 is 11.6 Å². The van der Waals surface area contributed by atoms with Gasteiger partial charge in [0.1, 0.15) is 0 Å². The summed E-state index contributed by atoms with van der Waals surface area (Å²) in [7, 11) is 0. The monoisotopic (exact) mass is 240 g/mol. The van der Waals surface area contributed by atoms with Crippen molar-refractivity contribution in [1.82, 2.24) is 4.90 Å². The average molecular weight is 241 g/mol. The fraction of sp³-hybridized carbons (Fsp3) is 0.500. The van der Waals surface area contributed by atoms with Crippen molar-refractivity contribution in [2.75, 3.05) is 18.9 Å². The Morgan fingerprint density at radius 1 is 1.50 bits per heavy atom. The molecule has 16 heavy (non-hydrogen) atoms. The van der Waals surface area contributed by atoms with Crippen molar-refractivity contribution >= 4 is 17.3 Å². The molecule has 1 aromatic rings. The molecule has 88 valence electrons. The number of nitrogens with zero attached hydrogens (tertiary/aromatic N) is 1. The first-order valence-electron chi connectivity index (χ1n) is 5.59. The van der Waals surface area contributed by atoms with Gasteiger partial charge in [0, 0.05) is 23.3 Å². The van der Waals surface area contributed by atoms with E-state index < -0.39 is 0 Å². The molecule has 0 radical (unpaired) electrons. The molecule has 0 saturated carbocycles. The van der Waals surface area contributed by atoms with E-state index >= 15 is 0 Å². The number of rotatable bonds is 3. The van der Waals surface area contributed by atoms with E-state index in [9.17, 15) is 5.11 Å². The Morgan fingerprint density at radius 3 is 3.00 bits per heavy atom. The number of anilines is 1. The zero-order valence-corrected chi connectivity index (χ0v) is 9.95. The van der Waals surface area contributed by atoms with Crippen LogP contribution in [-0.4, -0.2) is 29.2 Å². The van der Waals surface area contributed by atoms with Crippen molar-refractivity contribution in [3.05, 3.63) is 28.8 Å². The summed E-state index contributed by atoms with van der Waals surface area (Å²) in [6.45, 7) is 2.06. The summed E-state index contributed by atoms with van der Waals surface area (Å²) in [5, 5.41) is 9.94. The van der Waals surface area contributed by atoms with Crippen LogP contribution in [0.3, 0.4) is 0 Å². The molecule has 3 nitrogen and oxygen atoms in total. The molecule has 1 heterocycles. The topological polar surface area (TPSA) is 49.5 Å². The third-order valence-corrected chi connectivity index (χ3v) is 3.51. The SMILES string of the molecule is Nc1ccc(CN2CCCC2CO)c(Cl)c1. The summed E-state index contributed by atoms with van der Waals surface area (Å²) in [5.41, 5.74) is 7.42. The van der Waals surface area contributed by atoms with Crippen molar-refractivity contribution in [2.45, 2.75) is 25.4 Å². The fourth-order valence-electron chi connectivity index (χ4n) is 2.22. The average Bonchev–Trinajstić information content (AvgIpc) is 2.69. The van der Waals surface area contributed by atoms with E-state index in [4.69, 9.17) is 17.3 Å². The maximum absolute atomic E-state index is 9.23. The molecule has 0 amide bonds. The number of nitrogen functional groups attached to an aromatic ring is 1. The van der Waals surface area contributed by atoms with Gasteiger partial charge in [0.15, 0.2) is 0 Å². The Balaban J connectivity index is 2.08. The molecule has 1 saturated heterocycles. The molecule has 1 unspecified atom stereocenters. The molecule has 0 aromatic heterocycles. The van der Waals surface area contributed by atoms with Gasteiger partial charge in [-0.2, -0.15) is 0 Å². The van der Waals surface area contributed by atoms with Crippen molar-refractivity contribution in [2.24, 2.45) is 0 Å². The fourth-order valence-corrected chi connectivity index (χ4v) is 2.47. The van der Waals surface area contributed by atoms with Gasteiger partial charge in [-0.25, -0.2) is 0 Å². The zero-order valence-electron chi connectivity index (χ0n) is 9.19. The molecule has 2 rings (SSSR count). The normalized spacial score (nSPS) is 21.5. The van der Waals surface area contributed by atoms with Gasteiger partial charge in [-0.15, -0.1) is 0 Å². The minimum atomic E-state index is 0.229. The lowest BCUT2D eigenvalue weighted by Crippen LogP contribution is -2.31. The van der Waals surface area contributed by atoms with Crippen molar-refractivity contribution in [3.63, 3.8) is 0 Å². The maximum atomic E-state index is 9.23. The highest BCUT2D eigenvalue weighted by atomic mass is 35.5. The van der Waals surface area contributed by atoms with Crippen molar-refractivity contribution < 1.29 is 5.11 Å². The lowest BCUT2D eigenvalue weighted by Gasteiger charge is -2.23. The minimum absolute atomic E-state index is 0.229. The van der Waals surface area contributed by atoms with E-state index in [1.165, 1.54) is 0 Å². The lowest BCUT2D eigenvalue weighted by atomic mass is 10.1. The second kappa shape index (κ2) is 5.04. The second-order valence-corrected chi connectivity index (χ2v) is 4.71. The van der Waals surface area contributed by atoms with Gasteiger partial charge >= 0.3 is 0 Å². The highest BCUT2D eigenvalue weighted by Gasteiger charge is 2.23. The molecular formula is C12H17ClN2O. The number of aliphatic hydroxyl groups is 1. The largest absolute Gasteiger partial charge is 0.399 e. The van der Waals surface area contributed by atoms with E-state index in [1.807, 2.05) is 12.1 Å². The summed E-state index contributed by atoms with van der Waals surface area (Å²) < 4.78 is 0. The van der Waals surface area contributed by atoms with Crippen LogP contribution in [-0.2, 0) is 6.54 Å². The maximum Gasteiger partial charge on any atom is 0.0587 e. The van der Waals surface area contributed by atoms with Crippen LogP contribution in [0.15, 0.2) is 18.2 Å². The van der Waals surface area contributed by atoms with E-state index in [2.05, 4.69) is 4.90 Å². The molecule has 0 aliphatic carbocycles. The smallest absolute Gasteiger partial charge is 0.0587 e. The van der Waals surface area contributed by atoms with Gasteiger partial charge in [-0.05, 0) is 37.1 Å². The van der Waals surface area contributed by atoms with E-state index in [0.717, 1.165) is 31.5 Å². The third-order valence-electron chi connectivity index (χ3n) is 3.16. The van der Waals surface area contributed by atoms with Crippen LogP contribution in [0.2, 0.25) is 5.02 Å². The first-order chi connectivity index (χ1) is 7.70. The minimum Gasteiger partial charge on any atom is -0.399 e. The van der Waals surface area contributed by atoms with Crippen molar-refractivity contribution in [1.29, 1.82) is 0 Å². The third kappa shape index (κ3) is 2.48. The van der Waals surface area contributed by atoms with Crippen LogP contribution < -0.4 is 5.73 Å². The molecule has 0 spiro atoms. The Bertz CT molecular complexity index is 370. The number of hydrogen-bond acceptors (Lipinski definition) is 3. The number of aliphatic hydroxyl groups excluding tert-OH is 1. The molecule has 1 atom stereocenters. The van der Waals surface area contributed by atoms with Crippen LogP contribution in [0, 0.1) is 0 Å². The highest BCUT2D eigenvalue weighted by molar-refractivity contribution is 6.31. The molecule has 4 heteroatoms. The van der Waals surface area contributed by atoms with Gasteiger partial charge in [0.2, 0.25) is 0 Å². The molecular weight excluding hydrogens is 224 g/mol. The van der Waals surface area contributed by atoms with Crippen molar-refractivity contribution in [3.8, 4) is 0 Å². The zero-order chi connectivity index (χ0) is 11.5. The van der Waals surface area contributed by atoms with Gasteiger partial charge in [-0.1, -0.05) is 17.7 Å². The van der Waals surface area contributed by atoms with Crippen LogP contribution in [0.4, 0.5) is 5.69 Å². The molecule has 1 aliphatic heterocycles. The highest BCUT2D eigenvalue weighted by Crippen LogP contribution is 2.24. The van der Waals surface area contributed by atoms with Gasteiger partial charge in [-0.3, -0.25) is 4.90 Å². The van der Waals surface area contributed by atoms with Crippen LogP contribution in [0.1, 0.15) is 18.4 Å². The predicted molar refractivity (Wildman–Crippen MR) is 66.4 cm³/mol. The first kappa shape index (κ1) is 11.7. The Morgan fingerprint density at radius 2 is 2.31 bits per heavy atom. The molecule has 1 aliphatic rings. The summed E-state index contributed by atoms with van der Waals surface area (Å²) in [6, 6.07) is 5.89. The number of hydrogen-bond donors (Lipinski definition) is 2. The summed E-state index contributed by atoms with van der Waals surface area (Å²) in [4.78, 5) is 2.28. The number of likely N-dealkylation sites (tertiary alicyclic amines) is 1.